The lowest BCUT2D eigenvalue weighted by molar-refractivity contribution is 0.591. The number of hydrogen-bond acceptors (Lipinski definition) is 4. The van der Waals surface area contributed by atoms with E-state index in [-0.39, 0.29) is 11.9 Å². The number of benzene rings is 1. The van der Waals surface area contributed by atoms with Gasteiger partial charge in [-0.05, 0) is 18.6 Å². The van der Waals surface area contributed by atoms with E-state index in [9.17, 15) is 4.39 Å². The van der Waals surface area contributed by atoms with E-state index in [0.717, 1.165) is 11.7 Å². The van der Waals surface area contributed by atoms with Gasteiger partial charge in [-0.1, -0.05) is 17.7 Å². The van der Waals surface area contributed by atoms with Gasteiger partial charge in [0, 0.05) is 10.6 Å². The largest absolute Gasteiger partial charge is 0.322 e. The van der Waals surface area contributed by atoms with Crippen LogP contribution in [-0.4, -0.2) is 8.75 Å². The molecule has 0 amide bonds. The molecule has 1 aromatic carbocycles. The molecule has 1 unspecified atom stereocenters. The van der Waals surface area contributed by atoms with Crippen molar-refractivity contribution in [3.63, 3.8) is 0 Å². The van der Waals surface area contributed by atoms with Crippen LogP contribution in [0.5, 0.6) is 0 Å². The fourth-order valence-corrected chi connectivity index (χ4v) is 2.11. The van der Waals surface area contributed by atoms with Gasteiger partial charge in [-0.3, -0.25) is 0 Å². The quantitative estimate of drug-likeness (QED) is 0.920. The SMILES string of the molecule is NC(Cc1c(F)cccc1Cl)c1cnsn1. The molecule has 0 spiro atoms. The number of hydrogen-bond donors (Lipinski definition) is 1. The Morgan fingerprint density at radius 1 is 1.50 bits per heavy atom. The summed E-state index contributed by atoms with van der Waals surface area (Å²) in [5.74, 6) is -0.342. The van der Waals surface area contributed by atoms with Gasteiger partial charge >= 0.3 is 0 Å². The zero-order chi connectivity index (χ0) is 11.5. The molecular formula is C10H9ClFN3S. The number of nitrogens with zero attached hydrogens (tertiary/aromatic N) is 2. The lowest BCUT2D eigenvalue weighted by Crippen LogP contribution is -2.14. The molecule has 0 bridgehead atoms. The highest BCUT2D eigenvalue weighted by Crippen LogP contribution is 2.23. The highest BCUT2D eigenvalue weighted by atomic mass is 35.5. The monoisotopic (exact) mass is 257 g/mol. The molecule has 1 atom stereocenters. The van der Waals surface area contributed by atoms with Crippen LogP contribution in [0, 0.1) is 5.82 Å². The van der Waals surface area contributed by atoms with E-state index in [1.807, 2.05) is 0 Å². The van der Waals surface area contributed by atoms with Gasteiger partial charge in [0.25, 0.3) is 0 Å². The van der Waals surface area contributed by atoms with Crippen LogP contribution in [0.2, 0.25) is 5.02 Å². The number of rotatable bonds is 3. The highest BCUT2D eigenvalue weighted by molar-refractivity contribution is 6.99. The minimum Gasteiger partial charge on any atom is -0.322 e. The van der Waals surface area contributed by atoms with Gasteiger partial charge in [0.05, 0.1) is 29.7 Å². The first-order chi connectivity index (χ1) is 7.68. The Labute approximate surface area is 101 Å². The summed E-state index contributed by atoms with van der Waals surface area (Å²) >= 11 is 6.99. The number of aromatic nitrogens is 2. The normalized spacial score (nSPS) is 12.7. The summed E-state index contributed by atoms with van der Waals surface area (Å²) in [4.78, 5) is 0. The fourth-order valence-electron chi connectivity index (χ4n) is 1.39. The van der Waals surface area contributed by atoms with Gasteiger partial charge in [-0.15, -0.1) is 0 Å². The van der Waals surface area contributed by atoms with E-state index < -0.39 is 0 Å². The lowest BCUT2D eigenvalue weighted by atomic mass is 10.0. The minimum atomic E-state index is -0.381. The smallest absolute Gasteiger partial charge is 0.127 e. The predicted molar refractivity (Wildman–Crippen MR) is 62.0 cm³/mol. The molecule has 1 heterocycles. The number of nitrogens with two attached hydrogens (primary N) is 1. The van der Waals surface area contributed by atoms with Crippen molar-refractivity contribution < 1.29 is 4.39 Å². The third-order valence-electron chi connectivity index (χ3n) is 2.24. The van der Waals surface area contributed by atoms with Crippen LogP contribution in [0.4, 0.5) is 4.39 Å². The van der Waals surface area contributed by atoms with E-state index in [0.29, 0.717) is 22.7 Å². The average Bonchev–Trinajstić information content (AvgIpc) is 2.76. The summed E-state index contributed by atoms with van der Waals surface area (Å²) < 4.78 is 21.3. The Hall–Kier alpha value is -1.04. The lowest BCUT2D eigenvalue weighted by Gasteiger charge is -2.10. The Balaban J connectivity index is 2.21. The molecule has 0 saturated carbocycles. The Kier molecular flexibility index (Phi) is 3.48. The van der Waals surface area contributed by atoms with Crippen molar-refractivity contribution in [2.75, 3.05) is 0 Å². The molecule has 2 N–H and O–H groups in total. The summed E-state index contributed by atoms with van der Waals surface area (Å²) in [6.07, 6.45) is 1.90. The highest BCUT2D eigenvalue weighted by Gasteiger charge is 2.14. The molecule has 0 fully saturated rings. The van der Waals surface area contributed by atoms with Crippen LogP contribution in [-0.2, 0) is 6.42 Å². The maximum atomic E-state index is 13.5. The Morgan fingerprint density at radius 2 is 2.31 bits per heavy atom. The van der Waals surface area contributed by atoms with Crippen LogP contribution in [0.1, 0.15) is 17.3 Å². The first-order valence-electron chi connectivity index (χ1n) is 4.64. The van der Waals surface area contributed by atoms with Crippen molar-refractivity contribution in [2.45, 2.75) is 12.5 Å². The van der Waals surface area contributed by atoms with Gasteiger partial charge < -0.3 is 5.73 Å². The molecule has 84 valence electrons. The second kappa shape index (κ2) is 4.86. The van der Waals surface area contributed by atoms with Gasteiger partial charge in [-0.25, -0.2) is 4.39 Å². The van der Waals surface area contributed by atoms with Crippen molar-refractivity contribution >= 4 is 23.3 Å². The Bertz CT molecular complexity index is 455. The van der Waals surface area contributed by atoms with Crippen molar-refractivity contribution in [1.82, 2.24) is 8.75 Å². The second-order valence-corrected chi connectivity index (χ2v) is 4.31. The van der Waals surface area contributed by atoms with Crippen molar-refractivity contribution in [2.24, 2.45) is 5.73 Å². The van der Waals surface area contributed by atoms with Crippen LogP contribution in [0.15, 0.2) is 24.4 Å². The number of halogens is 2. The topological polar surface area (TPSA) is 51.8 Å². The Morgan fingerprint density at radius 3 is 2.94 bits per heavy atom. The van der Waals surface area contributed by atoms with Crippen LogP contribution in [0.3, 0.4) is 0 Å². The molecule has 0 aliphatic rings. The van der Waals surface area contributed by atoms with Crippen molar-refractivity contribution in [3.8, 4) is 0 Å². The average molecular weight is 258 g/mol. The third kappa shape index (κ3) is 2.37. The van der Waals surface area contributed by atoms with Gasteiger partial charge in [0.1, 0.15) is 5.82 Å². The molecule has 1 aromatic heterocycles. The third-order valence-corrected chi connectivity index (χ3v) is 3.09. The molecule has 16 heavy (non-hydrogen) atoms. The summed E-state index contributed by atoms with van der Waals surface area (Å²) in [5.41, 5.74) is 6.97. The minimum absolute atomic E-state index is 0.316. The summed E-state index contributed by atoms with van der Waals surface area (Å²) in [5, 5.41) is 0.388. The summed E-state index contributed by atoms with van der Waals surface area (Å²) in [6, 6.07) is 4.20. The fraction of sp³-hybridized carbons (Fsp3) is 0.200. The standard InChI is InChI=1S/C10H9ClFN3S/c11-7-2-1-3-8(12)6(7)4-9(13)10-5-14-16-15-10/h1-3,5,9H,4,13H2. The van der Waals surface area contributed by atoms with E-state index in [2.05, 4.69) is 8.75 Å². The van der Waals surface area contributed by atoms with Crippen LogP contribution in [0.25, 0.3) is 0 Å². The molecular weight excluding hydrogens is 249 g/mol. The van der Waals surface area contributed by atoms with Crippen LogP contribution < -0.4 is 5.73 Å². The summed E-state index contributed by atoms with van der Waals surface area (Å²) in [6.45, 7) is 0. The first kappa shape index (κ1) is 11.4. The predicted octanol–water partition coefficient (Wildman–Crippen LogP) is 2.57. The van der Waals surface area contributed by atoms with Crippen LogP contribution >= 0.6 is 23.3 Å². The first-order valence-corrected chi connectivity index (χ1v) is 5.75. The van der Waals surface area contributed by atoms with E-state index in [1.54, 1.807) is 18.3 Å². The summed E-state index contributed by atoms with van der Waals surface area (Å²) in [7, 11) is 0. The van der Waals surface area contributed by atoms with Crippen molar-refractivity contribution in [1.29, 1.82) is 0 Å². The molecule has 6 heteroatoms. The van der Waals surface area contributed by atoms with Crippen molar-refractivity contribution in [3.05, 3.63) is 46.5 Å². The molecule has 3 nitrogen and oxygen atoms in total. The molecule has 0 aliphatic carbocycles. The van der Waals surface area contributed by atoms with E-state index in [4.69, 9.17) is 17.3 Å². The maximum Gasteiger partial charge on any atom is 0.127 e. The molecule has 2 aromatic rings. The van der Waals surface area contributed by atoms with E-state index in [1.165, 1.54) is 6.07 Å². The maximum absolute atomic E-state index is 13.5. The molecule has 0 aliphatic heterocycles. The molecule has 2 rings (SSSR count). The van der Waals surface area contributed by atoms with Gasteiger partial charge in [0.2, 0.25) is 0 Å². The zero-order valence-electron chi connectivity index (χ0n) is 8.23. The van der Waals surface area contributed by atoms with Gasteiger partial charge in [0.15, 0.2) is 0 Å². The van der Waals surface area contributed by atoms with Gasteiger partial charge in [-0.2, -0.15) is 8.75 Å². The second-order valence-electron chi connectivity index (χ2n) is 3.34. The molecule has 0 radical (unpaired) electrons. The zero-order valence-corrected chi connectivity index (χ0v) is 9.80. The molecule has 0 saturated heterocycles. The van der Waals surface area contributed by atoms with E-state index >= 15 is 0 Å².